The number of nitrogens with zero attached hydrogens (tertiary/aromatic N) is 1. The van der Waals surface area contributed by atoms with Crippen LogP contribution < -0.4 is 10.5 Å². The van der Waals surface area contributed by atoms with Crippen molar-refractivity contribution in [1.82, 2.24) is 4.90 Å². The molecule has 20 heavy (non-hydrogen) atoms. The molecule has 1 aromatic carbocycles. The second-order valence-corrected chi connectivity index (χ2v) is 5.99. The van der Waals surface area contributed by atoms with E-state index < -0.39 is 0 Å². The zero-order valence-electron chi connectivity index (χ0n) is 13.0. The summed E-state index contributed by atoms with van der Waals surface area (Å²) < 4.78 is 5.51. The van der Waals surface area contributed by atoms with Crippen LogP contribution in [0.1, 0.15) is 44.2 Å². The summed E-state index contributed by atoms with van der Waals surface area (Å²) in [5, 5.41) is 0. The van der Waals surface area contributed by atoms with Crippen LogP contribution in [0.3, 0.4) is 0 Å². The Morgan fingerprint density at radius 3 is 2.65 bits per heavy atom. The Kier molecular flexibility index (Phi) is 5.44. The topological polar surface area (TPSA) is 38.5 Å². The number of ether oxygens (including phenoxy) is 1. The third-order valence-electron chi connectivity index (χ3n) is 4.80. The van der Waals surface area contributed by atoms with Crippen molar-refractivity contribution in [2.45, 2.75) is 44.7 Å². The maximum atomic E-state index is 6.08. The third kappa shape index (κ3) is 3.15. The Hall–Kier alpha value is -1.06. The molecule has 3 nitrogen and oxygen atoms in total. The van der Waals surface area contributed by atoms with Crippen LogP contribution >= 0.6 is 0 Å². The Labute approximate surface area is 123 Å². The second-order valence-electron chi connectivity index (χ2n) is 5.99. The van der Waals surface area contributed by atoms with Crippen LogP contribution in [-0.2, 0) is 0 Å². The highest BCUT2D eigenvalue weighted by Gasteiger charge is 2.30. The smallest absolute Gasteiger partial charge is 0.123 e. The fourth-order valence-corrected chi connectivity index (χ4v) is 3.59. The Morgan fingerprint density at radius 1 is 1.30 bits per heavy atom. The van der Waals surface area contributed by atoms with Crippen molar-refractivity contribution in [2.24, 2.45) is 11.7 Å². The summed E-state index contributed by atoms with van der Waals surface area (Å²) >= 11 is 0. The van der Waals surface area contributed by atoms with E-state index in [0.717, 1.165) is 11.7 Å². The van der Waals surface area contributed by atoms with Gasteiger partial charge in [-0.05, 0) is 31.9 Å². The van der Waals surface area contributed by atoms with Crippen LogP contribution in [0.2, 0.25) is 0 Å². The van der Waals surface area contributed by atoms with Crippen LogP contribution in [0.5, 0.6) is 5.75 Å². The lowest BCUT2D eigenvalue weighted by molar-refractivity contribution is 0.0979. The minimum Gasteiger partial charge on any atom is -0.496 e. The molecule has 0 spiro atoms. The van der Waals surface area contributed by atoms with Gasteiger partial charge >= 0.3 is 0 Å². The van der Waals surface area contributed by atoms with Crippen LogP contribution in [0, 0.1) is 5.92 Å². The number of hydrogen-bond acceptors (Lipinski definition) is 3. The first-order valence-corrected chi connectivity index (χ1v) is 7.74. The monoisotopic (exact) mass is 276 g/mol. The van der Waals surface area contributed by atoms with E-state index in [2.05, 4.69) is 31.0 Å². The van der Waals surface area contributed by atoms with E-state index in [1.807, 2.05) is 12.1 Å². The van der Waals surface area contributed by atoms with Gasteiger partial charge in [0, 0.05) is 18.2 Å². The van der Waals surface area contributed by atoms with Gasteiger partial charge in [-0.1, -0.05) is 38.0 Å². The Morgan fingerprint density at radius 2 is 2.00 bits per heavy atom. The standard InChI is InChI=1S/C17H28N2O/c1-13-8-4-6-10-15(13)19(2)16(12-18)14-9-5-7-11-17(14)20-3/h5,7,9,11,13,15-16H,4,6,8,10,12,18H2,1-3H3. The third-order valence-corrected chi connectivity index (χ3v) is 4.80. The van der Waals surface area contributed by atoms with Crippen LogP contribution in [0.25, 0.3) is 0 Å². The zero-order valence-corrected chi connectivity index (χ0v) is 13.0. The molecule has 0 saturated heterocycles. The predicted molar refractivity (Wildman–Crippen MR) is 84.0 cm³/mol. The van der Waals surface area contributed by atoms with Gasteiger partial charge in [0.05, 0.1) is 13.2 Å². The lowest BCUT2D eigenvalue weighted by atomic mass is 9.84. The minimum absolute atomic E-state index is 0.233. The number of benzene rings is 1. The van der Waals surface area contributed by atoms with Crippen molar-refractivity contribution in [2.75, 3.05) is 20.7 Å². The van der Waals surface area contributed by atoms with Gasteiger partial charge in [-0.15, -0.1) is 0 Å². The Balaban J connectivity index is 2.22. The minimum atomic E-state index is 0.233. The summed E-state index contributed by atoms with van der Waals surface area (Å²) in [6, 6.07) is 9.10. The number of para-hydroxylation sites is 1. The number of methoxy groups -OCH3 is 1. The van der Waals surface area contributed by atoms with Crippen molar-refractivity contribution >= 4 is 0 Å². The molecule has 3 heteroatoms. The van der Waals surface area contributed by atoms with Gasteiger partial charge in [0.1, 0.15) is 5.75 Å². The quantitative estimate of drug-likeness (QED) is 0.897. The number of hydrogen-bond donors (Lipinski definition) is 1. The zero-order chi connectivity index (χ0) is 14.5. The average molecular weight is 276 g/mol. The van der Waals surface area contributed by atoms with E-state index in [-0.39, 0.29) is 6.04 Å². The van der Waals surface area contributed by atoms with Gasteiger partial charge in [-0.3, -0.25) is 4.90 Å². The highest BCUT2D eigenvalue weighted by Crippen LogP contribution is 2.34. The van der Waals surface area contributed by atoms with Crippen molar-refractivity contribution < 1.29 is 4.74 Å². The second kappa shape index (κ2) is 7.09. The van der Waals surface area contributed by atoms with Gasteiger partial charge in [0.15, 0.2) is 0 Å². The van der Waals surface area contributed by atoms with Gasteiger partial charge in [0.2, 0.25) is 0 Å². The molecule has 112 valence electrons. The molecule has 0 amide bonds. The van der Waals surface area contributed by atoms with E-state index in [0.29, 0.717) is 12.6 Å². The molecule has 0 aromatic heterocycles. The van der Waals surface area contributed by atoms with Gasteiger partial charge < -0.3 is 10.5 Å². The lowest BCUT2D eigenvalue weighted by Gasteiger charge is -2.41. The maximum Gasteiger partial charge on any atom is 0.123 e. The molecule has 1 aliphatic rings. The molecule has 1 saturated carbocycles. The molecule has 2 N–H and O–H groups in total. The molecular formula is C17H28N2O. The van der Waals surface area contributed by atoms with Crippen molar-refractivity contribution in [3.63, 3.8) is 0 Å². The summed E-state index contributed by atoms with van der Waals surface area (Å²) in [7, 11) is 3.95. The maximum absolute atomic E-state index is 6.08. The summed E-state index contributed by atoms with van der Waals surface area (Å²) in [5.41, 5.74) is 7.29. The first-order chi connectivity index (χ1) is 9.69. The van der Waals surface area contributed by atoms with E-state index >= 15 is 0 Å². The van der Waals surface area contributed by atoms with Crippen molar-refractivity contribution in [3.8, 4) is 5.75 Å². The van der Waals surface area contributed by atoms with Crippen LogP contribution in [0.15, 0.2) is 24.3 Å². The first-order valence-electron chi connectivity index (χ1n) is 7.74. The van der Waals surface area contributed by atoms with Crippen LogP contribution in [-0.4, -0.2) is 31.6 Å². The van der Waals surface area contributed by atoms with Crippen molar-refractivity contribution in [3.05, 3.63) is 29.8 Å². The van der Waals surface area contributed by atoms with E-state index in [9.17, 15) is 0 Å². The largest absolute Gasteiger partial charge is 0.496 e. The summed E-state index contributed by atoms with van der Waals surface area (Å²) in [6.07, 6.45) is 5.32. The van der Waals surface area contributed by atoms with Crippen LogP contribution in [0.4, 0.5) is 0 Å². The highest BCUT2D eigenvalue weighted by atomic mass is 16.5. The molecule has 3 unspecified atom stereocenters. The number of rotatable bonds is 5. The predicted octanol–water partition coefficient (Wildman–Crippen LogP) is 3.21. The Bertz CT molecular complexity index is 421. The fraction of sp³-hybridized carbons (Fsp3) is 0.647. The summed E-state index contributed by atoms with van der Waals surface area (Å²) in [6.45, 7) is 3.00. The van der Waals surface area contributed by atoms with E-state index in [1.165, 1.54) is 31.2 Å². The molecule has 3 atom stereocenters. The molecule has 1 aliphatic carbocycles. The molecule has 1 aromatic rings. The number of likely N-dealkylation sites (N-methyl/N-ethyl adjacent to an activating group) is 1. The van der Waals surface area contributed by atoms with Gasteiger partial charge in [0.25, 0.3) is 0 Å². The molecule has 1 fully saturated rings. The van der Waals surface area contributed by atoms with Crippen molar-refractivity contribution in [1.29, 1.82) is 0 Å². The highest BCUT2D eigenvalue weighted by molar-refractivity contribution is 5.36. The van der Waals surface area contributed by atoms with Gasteiger partial charge in [-0.25, -0.2) is 0 Å². The molecule has 0 bridgehead atoms. The molecule has 2 rings (SSSR count). The summed E-state index contributed by atoms with van der Waals surface area (Å²) in [5.74, 6) is 1.69. The molecule has 0 radical (unpaired) electrons. The first kappa shape index (κ1) is 15.3. The van der Waals surface area contributed by atoms with E-state index in [4.69, 9.17) is 10.5 Å². The normalized spacial score (nSPS) is 24.6. The van der Waals surface area contributed by atoms with Gasteiger partial charge in [-0.2, -0.15) is 0 Å². The number of nitrogens with two attached hydrogens (primary N) is 1. The molecular weight excluding hydrogens is 248 g/mol. The molecule has 0 heterocycles. The molecule has 0 aliphatic heterocycles. The fourth-order valence-electron chi connectivity index (χ4n) is 3.59. The summed E-state index contributed by atoms with van der Waals surface area (Å²) in [4.78, 5) is 2.47. The SMILES string of the molecule is COc1ccccc1C(CN)N(C)C1CCCCC1C. The average Bonchev–Trinajstić information content (AvgIpc) is 2.49. The lowest BCUT2D eigenvalue weighted by Crippen LogP contribution is -2.43. The van der Waals surface area contributed by atoms with E-state index in [1.54, 1.807) is 7.11 Å².